The molecule has 0 fully saturated rings. The molecule has 0 spiro atoms. The van der Waals surface area contributed by atoms with E-state index in [0.717, 1.165) is 11.1 Å². The molecule has 1 amide bonds. The molecule has 1 aromatic carbocycles. The molecule has 0 radical (unpaired) electrons. The Kier molecular flexibility index (Phi) is 3.97. The molecule has 0 saturated carbocycles. The Morgan fingerprint density at radius 2 is 2.11 bits per heavy atom. The first kappa shape index (κ1) is 13.3. The van der Waals surface area contributed by atoms with Crippen molar-refractivity contribution in [1.82, 2.24) is 9.78 Å². The summed E-state index contributed by atoms with van der Waals surface area (Å²) in [6, 6.07) is 9.65. The fraction of sp³-hybridized carbons (Fsp3) is 0.286. The number of aromatic nitrogens is 2. The van der Waals surface area contributed by atoms with Gasteiger partial charge in [0.15, 0.2) is 5.82 Å². The molecule has 19 heavy (non-hydrogen) atoms. The van der Waals surface area contributed by atoms with Gasteiger partial charge in [-0.1, -0.05) is 30.3 Å². The van der Waals surface area contributed by atoms with Gasteiger partial charge in [-0.15, -0.1) is 0 Å². The fourth-order valence-corrected chi connectivity index (χ4v) is 1.91. The zero-order valence-electron chi connectivity index (χ0n) is 11.1. The van der Waals surface area contributed by atoms with Crippen LogP contribution in [0, 0.1) is 0 Å². The summed E-state index contributed by atoms with van der Waals surface area (Å²) in [4.78, 5) is 12.2. The number of anilines is 1. The van der Waals surface area contributed by atoms with Crippen LogP contribution in [0.15, 0.2) is 36.5 Å². The number of nitrogens with two attached hydrogens (primary N) is 1. The Labute approximate surface area is 112 Å². The molecule has 0 aliphatic heterocycles. The van der Waals surface area contributed by atoms with E-state index in [1.165, 1.54) is 0 Å². The monoisotopic (exact) mass is 258 g/mol. The van der Waals surface area contributed by atoms with Crippen LogP contribution in [0.25, 0.3) is 0 Å². The number of carbonyl (C=O) groups excluding carboxylic acids is 1. The van der Waals surface area contributed by atoms with Crippen LogP contribution < -0.4 is 11.1 Å². The second-order valence-electron chi connectivity index (χ2n) is 4.50. The molecule has 0 saturated heterocycles. The third kappa shape index (κ3) is 3.00. The Morgan fingerprint density at radius 3 is 2.74 bits per heavy atom. The summed E-state index contributed by atoms with van der Waals surface area (Å²) in [6.07, 6.45) is 1.81. The van der Waals surface area contributed by atoms with Gasteiger partial charge in [-0.05, 0) is 12.5 Å². The second-order valence-corrected chi connectivity index (χ2v) is 4.50. The van der Waals surface area contributed by atoms with E-state index >= 15 is 0 Å². The number of carbonyl (C=O) groups is 1. The summed E-state index contributed by atoms with van der Waals surface area (Å²) in [5.41, 5.74) is 7.43. The van der Waals surface area contributed by atoms with Crippen LogP contribution in [0.2, 0.25) is 0 Å². The van der Waals surface area contributed by atoms with E-state index in [1.54, 1.807) is 11.7 Å². The van der Waals surface area contributed by atoms with Crippen molar-refractivity contribution in [3.05, 3.63) is 47.7 Å². The van der Waals surface area contributed by atoms with Crippen molar-refractivity contribution < 1.29 is 4.79 Å². The highest BCUT2D eigenvalue weighted by Gasteiger charge is 2.17. The summed E-state index contributed by atoms with van der Waals surface area (Å²) in [7, 11) is 1.80. The Balaban J connectivity index is 2.13. The average Bonchev–Trinajstić information content (AvgIpc) is 2.78. The quantitative estimate of drug-likeness (QED) is 0.875. The van der Waals surface area contributed by atoms with Gasteiger partial charge in [0.2, 0.25) is 5.91 Å². The van der Waals surface area contributed by atoms with Crippen LogP contribution in [0.5, 0.6) is 0 Å². The minimum absolute atomic E-state index is 0.0837. The van der Waals surface area contributed by atoms with Gasteiger partial charge in [-0.25, -0.2) is 0 Å². The Bertz CT molecular complexity index is 562. The highest BCUT2D eigenvalue weighted by atomic mass is 16.1. The molecule has 0 bridgehead atoms. The molecule has 1 heterocycles. The smallest absolute Gasteiger partial charge is 0.232 e. The lowest BCUT2D eigenvalue weighted by Crippen LogP contribution is -2.20. The van der Waals surface area contributed by atoms with Crippen molar-refractivity contribution in [3.8, 4) is 0 Å². The Morgan fingerprint density at radius 1 is 1.42 bits per heavy atom. The zero-order valence-corrected chi connectivity index (χ0v) is 11.1. The molecule has 100 valence electrons. The lowest BCUT2D eigenvalue weighted by Gasteiger charge is -2.11. The van der Waals surface area contributed by atoms with Crippen LogP contribution in [0.4, 0.5) is 5.82 Å². The number of nitrogens with one attached hydrogen (secondary N) is 1. The minimum Gasteiger partial charge on any atom is -0.326 e. The molecule has 2 aromatic rings. The van der Waals surface area contributed by atoms with Crippen LogP contribution in [0.1, 0.15) is 24.0 Å². The largest absolute Gasteiger partial charge is 0.326 e. The lowest BCUT2D eigenvalue weighted by atomic mass is 10.0. The zero-order chi connectivity index (χ0) is 13.8. The molecule has 0 aliphatic carbocycles. The van der Waals surface area contributed by atoms with Gasteiger partial charge in [-0.3, -0.25) is 9.48 Å². The van der Waals surface area contributed by atoms with E-state index in [1.807, 2.05) is 43.5 Å². The van der Waals surface area contributed by atoms with Crippen LogP contribution in [0.3, 0.4) is 0 Å². The van der Waals surface area contributed by atoms with Gasteiger partial charge in [-0.2, -0.15) is 5.10 Å². The van der Waals surface area contributed by atoms with E-state index in [2.05, 4.69) is 10.4 Å². The number of nitrogens with zero attached hydrogens (tertiary/aromatic N) is 2. The van der Waals surface area contributed by atoms with Gasteiger partial charge < -0.3 is 11.1 Å². The summed E-state index contributed by atoms with van der Waals surface area (Å²) >= 11 is 0. The average molecular weight is 258 g/mol. The van der Waals surface area contributed by atoms with E-state index in [9.17, 15) is 4.79 Å². The summed E-state index contributed by atoms with van der Waals surface area (Å²) < 4.78 is 1.64. The van der Waals surface area contributed by atoms with Crippen molar-refractivity contribution >= 4 is 11.7 Å². The van der Waals surface area contributed by atoms with Gasteiger partial charge in [0, 0.05) is 25.4 Å². The molecule has 1 atom stereocenters. The van der Waals surface area contributed by atoms with Crippen molar-refractivity contribution in [2.24, 2.45) is 12.8 Å². The molecule has 5 nitrogen and oxygen atoms in total. The third-order valence-electron chi connectivity index (χ3n) is 3.06. The normalized spacial score (nSPS) is 12.2. The second kappa shape index (κ2) is 5.67. The van der Waals surface area contributed by atoms with Gasteiger partial charge >= 0.3 is 0 Å². The number of benzene rings is 1. The minimum atomic E-state index is -0.228. The molecule has 2 rings (SSSR count). The lowest BCUT2D eigenvalue weighted by molar-refractivity contribution is -0.117. The van der Waals surface area contributed by atoms with Crippen molar-refractivity contribution in [2.75, 3.05) is 5.32 Å². The van der Waals surface area contributed by atoms with E-state index in [-0.39, 0.29) is 11.8 Å². The number of rotatable bonds is 4. The number of amides is 1. The highest BCUT2D eigenvalue weighted by molar-refractivity contribution is 5.95. The summed E-state index contributed by atoms with van der Waals surface area (Å²) in [5.74, 6) is 0.228. The van der Waals surface area contributed by atoms with Crippen molar-refractivity contribution in [3.63, 3.8) is 0 Å². The first-order valence-electron chi connectivity index (χ1n) is 6.20. The molecule has 0 aliphatic rings. The molecule has 1 unspecified atom stereocenters. The van der Waals surface area contributed by atoms with Crippen LogP contribution in [-0.4, -0.2) is 15.7 Å². The van der Waals surface area contributed by atoms with E-state index in [0.29, 0.717) is 12.4 Å². The topological polar surface area (TPSA) is 72.9 Å². The molecule has 5 heteroatoms. The van der Waals surface area contributed by atoms with Crippen molar-refractivity contribution in [1.29, 1.82) is 0 Å². The summed E-state index contributed by atoms with van der Waals surface area (Å²) in [5, 5.41) is 7.03. The Hall–Kier alpha value is -2.14. The maximum atomic E-state index is 12.2. The molecular formula is C14H18N4O. The van der Waals surface area contributed by atoms with Gasteiger partial charge in [0.1, 0.15) is 0 Å². The highest BCUT2D eigenvalue weighted by Crippen LogP contribution is 2.18. The van der Waals surface area contributed by atoms with Crippen LogP contribution >= 0.6 is 0 Å². The predicted octanol–water partition coefficient (Wildman–Crippen LogP) is 1.62. The van der Waals surface area contributed by atoms with Gasteiger partial charge in [0.25, 0.3) is 0 Å². The molecule has 1 aromatic heterocycles. The maximum absolute atomic E-state index is 12.2. The first-order chi connectivity index (χ1) is 9.11. The number of hydrogen-bond donors (Lipinski definition) is 2. The van der Waals surface area contributed by atoms with Crippen molar-refractivity contribution in [2.45, 2.75) is 19.4 Å². The van der Waals surface area contributed by atoms with E-state index in [4.69, 9.17) is 5.73 Å². The first-order valence-corrected chi connectivity index (χ1v) is 6.20. The standard InChI is InChI=1S/C14H18N4O/c1-10(11-6-4-3-5-7-11)14(19)16-13-12(8-15)9-18(2)17-13/h3-7,9-10H,8,15H2,1-2H3,(H,16,17,19). The summed E-state index contributed by atoms with van der Waals surface area (Å²) in [6.45, 7) is 2.22. The third-order valence-corrected chi connectivity index (χ3v) is 3.06. The predicted molar refractivity (Wildman–Crippen MR) is 74.6 cm³/mol. The molecule has 3 N–H and O–H groups in total. The van der Waals surface area contributed by atoms with Gasteiger partial charge in [0.05, 0.1) is 5.92 Å². The SMILES string of the molecule is CC(C(=O)Nc1nn(C)cc1CN)c1ccccc1. The van der Waals surface area contributed by atoms with E-state index < -0.39 is 0 Å². The van der Waals surface area contributed by atoms with Crippen LogP contribution in [-0.2, 0) is 18.4 Å². The molecular weight excluding hydrogens is 240 g/mol. The maximum Gasteiger partial charge on any atom is 0.232 e. The fourth-order valence-electron chi connectivity index (χ4n) is 1.91. The number of hydrogen-bond acceptors (Lipinski definition) is 3. The number of aryl methyl sites for hydroxylation is 1.